The predicted molar refractivity (Wildman–Crippen MR) is 121 cm³/mol. The van der Waals surface area contributed by atoms with Gasteiger partial charge in [-0.1, -0.05) is 18.3 Å². The van der Waals surface area contributed by atoms with Crippen molar-refractivity contribution in [3.8, 4) is 11.3 Å². The van der Waals surface area contributed by atoms with E-state index in [1.54, 1.807) is 23.7 Å². The smallest absolute Gasteiger partial charge is 0.225 e. The number of carbonyl (C=O) groups excluding carboxylic acids is 1. The largest absolute Gasteiger partial charge is 0.348 e. The average Bonchev–Trinajstić information content (AvgIpc) is 3.23. The SMILES string of the molecule is CC1CCN(C(=O)C2CCN(c3nc4ccc(-c5ccncc5)nc4s3)CC2)CC1. The molecule has 5 heterocycles. The molecule has 2 fully saturated rings. The number of hydrogen-bond acceptors (Lipinski definition) is 6. The van der Waals surface area contributed by atoms with E-state index in [9.17, 15) is 4.79 Å². The molecule has 30 heavy (non-hydrogen) atoms. The molecular weight excluding hydrogens is 394 g/mol. The first-order valence-corrected chi connectivity index (χ1v) is 11.7. The van der Waals surface area contributed by atoms with Gasteiger partial charge in [0.15, 0.2) is 5.13 Å². The van der Waals surface area contributed by atoms with Crippen LogP contribution in [0.1, 0.15) is 32.6 Å². The van der Waals surface area contributed by atoms with Crippen molar-refractivity contribution in [2.24, 2.45) is 11.8 Å². The number of nitrogens with zero attached hydrogens (tertiary/aromatic N) is 5. The molecule has 3 aromatic rings. The standard InChI is InChI=1S/C23H27N5OS/c1-16-6-12-27(13-7-16)22(29)18-8-14-28(15-9-18)23-26-20-3-2-19(25-21(20)30-23)17-4-10-24-11-5-17/h2-5,10-11,16,18H,6-9,12-15H2,1H3. The first-order valence-electron chi connectivity index (χ1n) is 10.9. The maximum Gasteiger partial charge on any atom is 0.225 e. The van der Waals surface area contributed by atoms with Crippen molar-refractivity contribution in [3.63, 3.8) is 0 Å². The van der Waals surface area contributed by atoms with Crippen LogP contribution in [0.2, 0.25) is 0 Å². The van der Waals surface area contributed by atoms with Crippen LogP contribution < -0.4 is 4.90 Å². The quantitative estimate of drug-likeness (QED) is 0.633. The Morgan fingerprint density at radius 3 is 2.43 bits per heavy atom. The minimum absolute atomic E-state index is 0.167. The molecule has 0 aliphatic carbocycles. The van der Waals surface area contributed by atoms with E-state index < -0.39 is 0 Å². The molecule has 6 nitrogen and oxygen atoms in total. The maximum absolute atomic E-state index is 12.9. The summed E-state index contributed by atoms with van der Waals surface area (Å²) in [6.07, 6.45) is 7.69. The Morgan fingerprint density at radius 1 is 0.967 bits per heavy atom. The van der Waals surface area contributed by atoms with Gasteiger partial charge < -0.3 is 9.80 Å². The number of likely N-dealkylation sites (tertiary alicyclic amines) is 1. The molecule has 7 heteroatoms. The Bertz CT molecular complexity index is 1020. The van der Waals surface area contributed by atoms with Crippen LogP contribution in [0.25, 0.3) is 21.6 Å². The Labute approximate surface area is 181 Å². The number of rotatable bonds is 3. The third-order valence-corrected chi connectivity index (χ3v) is 7.46. The first kappa shape index (κ1) is 19.4. The van der Waals surface area contributed by atoms with E-state index in [0.29, 0.717) is 5.91 Å². The number of aromatic nitrogens is 3. The van der Waals surface area contributed by atoms with Crippen LogP contribution in [0.4, 0.5) is 5.13 Å². The monoisotopic (exact) mass is 421 g/mol. The Morgan fingerprint density at radius 2 is 1.70 bits per heavy atom. The number of anilines is 1. The van der Waals surface area contributed by atoms with Crippen LogP contribution in [0, 0.1) is 11.8 Å². The summed E-state index contributed by atoms with van der Waals surface area (Å²) in [5.74, 6) is 1.29. The van der Waals surface area contributed by atoms with Gasteiger partial charge in [-0.05, 0) is 55.9 Å². The minimum atomic E-state index is 0.167. The van der Waals surface area contributed by atoms with Crippen LogP contribution in [0.3, 0.4) is 0 Å². The number of carbonyl (C=O) groups is 1. The molecule has 0 atom stereocenters. The van der Waals surface area contributed by atoms with Crippen LogP contribution in [0.5, 0.6) is 0 Å². The number of hydrogen-bond donors (Lipinski definition) is 0. The summed E-state index contributed by atoms with van der Waals surface area (Å²) in [7, 11) is 0. The number of piperidine rings is 2. The predicted octanol–water partition coefficient (Wildman–Crippen LogP) is 4.23. The normalized spacial score (nSPS) is 18.8. The summed E-state index contributed by atoms with van der Waals surface area (Å²) in [5, 5.41) is 1.02. The van der Waals surface area contributed by atoms with Crippen LogP contribution >= 0.6 is 11.3 Å². The first-order chi connectivity index (χ1) is 14.7. The Hall–Kier alpha value is -2.54. The fourth-order valence-corrected chi connectivity index (χ4v) is 5.42. The van der Waals surface area contributed by atoms with Gasteiger partial charge in [0, 0.05) is 50.1 Å². The molecule has 0 unspecified atom stereocenters. The topological polar surface area (TPSA) is 62.2 Å². The van der Waals surface area contributed by atoms with Crippen molar-refractivity contribution < 1.29 is 4.79 Å². The molecule has 2 aliphatic heterocycles. The van der Waals surface area contributed by atoms with Crippen LogP contribution in [-0.2, 0) is 4.79 Å². The molecule has 0 aromatic carbocycles. The van der Waals surface area contributed by atoms with Gasteiger partial charge in [0.05, 0.1) is 5.69 Å². The third kappa shape index (κ3) is 3.90. The zero-order chi connectivity index (χ0) is 20.5. The summed E-state index contributed by atoms with van der Waals surface area (Å²) in [5.41, 5.74) is 2.95. The summed E-state index contributed by atoms with van der Waals surface area (Å²) in [4.78, 5) is 32.0. The summed E-state index contributed by atoms with van der Waals surface area (Å²) in [6.45, 7) is 5.93. The fraction of sp³-hybridized carbons (Fsp3) is 0.478. The molecule has 5 rings (SSSR count). The van der Waals surface area contributed by atoms with E-state index in [1.165, 1.54) is 0 Å². The Balaban J connectivity index is 1.25. The zero-order valence-electron chi connectivity index (χ0n) is 17.3. The lowest BCUT2D eigenvalue weighted by molar-refractivity contribution is -0.137. The van der Waals surface area contributed by atoms with Gasteiger partial charge in [-0.25, -0.2) is 9.97 Å². The number of pyridine rings is 2. The molecule has 2 aliphatic rings. The summed E-state index contributed by atoms with van der Waals surface area (Å²) < 4.78 is 0. The van der Waals surface area contributed by atoms with Gasteiger partial charge in [0.25, 0.3) is 0 Å². The van der Waals surface area contributed by atoms with Crippen molar-refractivity contribution in [1.29, 1.82) is 0 Å². The lowest BCUT2D eigenvalue weighted by atomic mass is 9.93. The van der Waals surface area contributed by atoms with Gasteiger partial charge >= 0.3 is 0 Å². The number of thiazole rings is 1. The van der Waals surface area contributed by atoms with E-state index >= 15 is 0 Å². The second-order valence-corrected chi connectivity index (χ2v) is 9.48. The van der Waals surface area contributed by atoms with E-state index in [1.807, 2.05) is 24.3 Å². The maximum atomic E-state index is 12.9. The van der Waals surface area contributed by atoms with Gasteiger partial charge in [-0.3, -0.25) is 9.78 Å². The van der Waals surface area contributed by atoms with Gasteiger partial charge in [0.2, 0.25) is 5.91 Å². The highest BCUT2D eigenvalue weighted by Gasteiger charge is 2.31. The number of amides is 1. The second-order valence-electron chi connectivity index (χ2n) is 8.52. The molecule has 3 aromatic heterocycles. The van der Waals surface area contributed by atoms with Gasteiger partial charge in [-0.2, -0.15) is 0 Å². The summed E-state index contributed by atoms with van der Waals surface area (Å²) in [6, 6.07) is 8.01. The summed E-state index contributed by atoms with van der Waals surface area (Å²) >= 11 is 1.64. The Kier molecular flexibility index (Phi) is 5.37. The number of fused-ring (bicyclic) bond motifs is 1. The molecule has 0 N–H and O–H groups in total. The molecule has 1 amide bonds. The molecule has 0 spiro atoms. The van der Waals surface area contributed by atoms with Crippen molar-refractivity contribution in [2.75, 3.05) is 31.1 Å². The van der Waals surface area contributed by atoms with E-state index in [2.05, 4.69) is 21.7 Å². The van der Waals surface area contributed by atoms with Crippen LogP contribution in [0.15, 0.2) is 36.7 Å². The minimum Gasteiger partial charge on any atom is -0.348 e. The molecule has 0 radical (unpaired) electrons. The molecule has 0 bridgehead atoms. The lowest BCUT2D eigenvalue weighted by Crippen LogP contribution is -2.45. The molecular formula is C23H27N5OS. The molecule has 2 saturated heterocycles. The van der Waals surface area contributed by atoms with Gasteiger partial charge in [-0.15, -0.1) is 0 Å². The van der Waals surface area contributed by atoms with Crippen molar-refractivity contribution in [2.45, 2.75) is 32.6 Å². The zero-order valence-corrected chi connectivity index (χ0v) is 18.1. The highest BCUT2D eigenvalue weighted by Crippen LogP contribution is 2.32. The highest BCUT2D eigenvalue weighted by atomic mass is 32.1. The lowest BCUT2D eigenvalue weighted by Gasteiger charge is -2.36. The van der Waals surface area contributed by atoms with E-state index in [4.69, 9.17) is 9.97 Å². The molecule has 156 valence electrons. The average molecular weight is 422 g/mol. The van der Waals surface area contributed by atoms with Gasteiger partial charge in [0.1, 0.15) is 10.3 Å². The third-order valence-electron chi connectivity index (χ3n) is 6.43. The van der Waals surface area contributed by atoms with Crippen molar-refractivity contribution in [3.05, 3.63) is 36.7 Å². The van der Waals surface area contributed by atoms with Crippen molar-refractivity contribution in [1.82, 2.24) is 19.9 Å². The van der Waals surface area contributed by atoms with Crippen molar-refractivity contribution >= 4 is 32.7 Å². The molecule has 0 saturated carbocycles. The van der Waals surface area contributed by atoms with E-state index in [0.717, 1.165) is 84.5 Å². The van der Waals surface area contributed by atoms with Crippen LogP contribution in [-0.4, -0.2) is 51.9 Å². The fourth-order valence-electron chi connectivity index (χ4n) is 4.43. The second kappa shape index (κ2) is 8.30. The van der Waals surface area contributed by atoms with E-state index in [-0.39, 0.29) is 5.92 Å². The highest BCUT2D eigenvalue weighted by molar-refractivity contribution is 7.21.